The summed E-state index contributed by atoms with van der Waals surface area (Å²) >= 11 is 0. The number of nitrogens with one attached hydrogen (secondary N) is 1. The second-order valence-electron chi connectivity index (χ2n) is 4.22. The maximum atomic E-state index is 12.9. The van der Waals surface area contributed by atoms with Crippen molar-refractivity contribution in [3.63, 3.8) is 0 Å². The number of nitrogens with two attached hydrogens (primary N) is 1. The van der Waals surface area contributed by atoms with Crippen LogP contribution in [0.2, 0.25) is 0 Å². The lowest BCUT2D eigenvalue weighted by Gasteiger charge is -2.20. The van der Waals surface area contributed by atoms with E-state index < -0.39 is 11.7 Å². The molecule has 7 heteroatoms. The highest BCUT2D eigenvalue weighted by Gasteiger charge is 2.33. The Bertz CT molecular complexity index is 470. The van der Waals surface area contributed by atoms with E-state index in [4.69, 9.17) is 5.73 Å². The average Bonchev–Trinajstić information content (AvgIpc) is 2.37. The maximum absolute atomic E-state index is 12.9. The molecule has 3 N–H and O–H groups in total. The van der Waals surface area contributed by atoms with Gasteiger partial charge in [0, 0.05) is 24.5 Å². The second-order valence-corrected chi connectivity index (χ2v) is 4.22. The van der Waals surface area contributed by atoms with Crippen LogP contribution in [-0.4, -0.2) is 30.4 Å². The van der Waals surface area contributed by atoms with Crippen LogP contribution in [0, 0.1) is 0 Å². The Morgan fingerprint density at radius 1 is 1.30 bits per heavy atom. The highest BCUT2D eigenvalue weighted by Crippen LogP contribution is 2.35. The molecule has 0 unspecified atom stereocenters. The van der Waals surface area contributed by atoms with Gasteiger partial charge in [-0.05, 0) is 32.0 Å². The molecule has 0 fully saturated rings. The standard InChI is InChI=1S/C13H18F3N3O/c1-3-19(4-2)12(20)8-18-11-6-5-9(17)7-10(11)13(14,15)16/h5-7,18H,3-4,8,17H2,1-2H3. The molecule has 0 aromatic heterocycles. The van der Waals surface area contributed by atoms with Crippen LogP contribution in [0.5, 0.6) is 0 Å². The molecule has 0 saturated heterocycles. The number of carbonyl (C=O) groups excluding carboxylic acids is 1. The van der Waals surface area contributed by atoms with Gasteiger partial charge in [-0.2, -0.15) is 13.2 Å². The van der Waals surface area contributed by atoms with Crippen molar-refractivity contribution in [1.82, 2.24) is 4.90 Å². The van der Waals surface area contributed by atoms with E-state index >= 15 is 0 Å². The van der Waals surface area contributed by atoms with Gasteiger partial charge in [-0.15, -0.1) is 0 Å². The number of halogens is 3. The van der Waals surface area contributed by atoms with Gasteiger partial charge in [-0.3, -0.25) is 4.79 Å². The van der Waals surface area contributed by atoms with Crippen LogP contribution < -0.4 is 11.1 Å². The average molecular weight is 289 g/mol. The van der Waals surface area contributed by atoms with Gasteiger partial charge in [0.05, 0.1) is 12.1 Å². The predicted octanol–water partition coefficient (Wildman–Crippen LogP) is 2.57. The molecule has 0 aliphatic carbocycles. The van der Waals surface area contributed by atoms with Crippen LogP contribution in [0.1, 0.15) is 19.4 Å². The van der Waals surface area contributed by atoms with Crippen molar-refractivity contribution in [2.24, 2.45) is 0 Å². The first-order valence-electron chi connectivity index (χ1n) is 6.28. The van der Waals surface area contributed by atoms with Gasteiger partial charge < -0.3 is 16.0 Å². The summed E-state index contributed by atoms with van der Waals surface area (Å²) in [6, 6.07) is 3.44. The number of hydrogen-bond acceptors (Lipinski definition) is 3. The molecule has 1 aromatic carbocycles. The molecular formula is C13H18F3N3O. The normalized spacial score (nSPS) is 11.2. The van der Waals surface area contributed by atoms with Crippen LogP contribution in [0.25, 0.3) is 0 Å². The smallest absolute Gasteiger partial charge is 0.399 e. The van der Waals surface area contributed by atoms with Crippen LogP contribution in [0.15, 0.2) is 18.2 Å². The van der Waals surface area contributed by atoms with Gasteiger partial charge in [0.15, 0.2) is 0 Å². The Balaban J connectivity index is 2.86. The largest absolute Gasteiger partial charge is 0.418 e. The summed E-state index contributed by atoms with van der Waals surface area (Å²) in [5.74, 6) is -0.250. The number of likely N-dealkylation sites (N-methyl/N-ethyl adjacent to an activating group) is 1. The first-order valence-corrected chi connectivity index (χ1v) is 6.28. The summed E-state index contributed by atoms with van der Waals surface area (Å²) in [7, 11) is 0. The number of anilines is 2. The fourth-order valence-corrected chi connectivity index (χ4v) is 1.81. The molecule has 0 saturated carbocycles. The van der Waals surface area contributed by atoms with Gasteiger partial charge in [-0.1, -0.05) is 0 Å². The van der Waals surface area contributed by atoms with Gasteiger partial charge in [0.1, 0.15) is 0 Å². The molecule has 0 radical (unpaired) electrons. The molecule has 1 amide bonds. The highest BCUT2D eigenvalue weighted by molar-refractivity contribution is 5.81. The SMILES string of the molecule is CCN(CC)C(=O)CNc1ccc(N)cc1C(F)(F)F. The van der Waals surface area contributed by atoms with E-state index in [0.29, 0.717) is 13.1 Å². The van der Waals surface area contributed by atoms with Crippen molar-refractivity contribution >= 4 is 17.3 Å². The van der Waals surface area contributed by atoms with Crippen molar-refractivity contribution < 1.29 is 18.0 Å². The van der Waals surface area contributed by atoms with E-state index in [1.165, 1.54) is 17.0 Å². The van der Waals surface area contributed by atoms with E-state index in [2.05, 4.69) is 5.32 Å². The molecule has 4 nitrogen and oxygen atoms in total. The minimum absolute atomic E-state index is 0.0259. The van der Waals surface area contributed by atoms with Crippen LogP contribution in [-0.2, 0) is 11.0 Å². The van der Waals surface area contributed by atoms with E-state index in [1.54, 1.807) is 0 Å². The van der Waals surface area contributed by atoms with Gasteiger partial charge in [0.2, 0.25) is 5.91 Å². The fraction of sp³-hybridized carbons (Fsp3) is 0.462. The molecule has 1 aromatic rings. The number of nitrogens with zero attached hydrogens (tertiary/aromatic N) is 1. The van der Waals surface area contributed by atoms with E-state index in [0.717, 1.165) is 6.07 Å². The van der Waals surface area contributed by atoms with Gasteiger partial charge in [-0.25, -0.2) is 0 Å². The zero-order chi connectivity index (χ0) is 15.3. The third kappa shape index (κ3) is 4.04. The molecule has 0 spiro atoms. The maximum Gasteiger partial charge on any atom is 0.418 e. The fourth-order valence-electron chi connectivity index (χ4n) is 1.81. The molecule has 20 heavy (non-hydrogen) atoms. The second kappa shape index (κ2) is 6.49. The van der Waals surface area contributed by atoms with Crippen molar-refractivity contribution in [1.29, 1.82) is 0 Å². The van der Waals surface area contributed by atoms with E-state index in [-0.39, 0.29) is 23.8 Å². The number of benzene rings is 1. The quantitative estimate of drug-likeness (QED) is 0.819. The monoisotopic (exact) mass is 289 g/mol. The molecule has 0 atom stereocenters. The topological polar surface area (TPSA) is 58.4 Å². The Kier molecular flexibility index (Phi) is 5.24. The van der Waals surface area contributed by atoms with Crippen LogP contribution in [0.4, 0.5) is 24.5 Å². The third-order valence-corrected chi connectivity index (χ3v) is 2.90. The Hall–Kier alpha value is -1.92. The Morgan fingerprint density at radius 3 is 2.40 bits per heavy atom. The van der Waals surface area contributed by atoms with Crippen molar-refractivity contribution in [3.05, 3.63) is 23.8 Å². The van der Waals surface area contributed by atoms with Crippen molar-refractivity contribution in [2.75, 3.05) is 30.7 Å². The minimum atomic E-state index is -4.52. The number of nitrogen functional groups attached to an aromatic ring is 1. The third-order valence-electron chi connectivity index (χ3n) is 2.90. The lowest BCUT2D eigenvalue weighted by molar-refractivity contribution is -0.137. The first kappa shape index (κ1) is 16.1. The summed E-state index contributed by atoms with van der Waals surface area (Å²) in [6.45, 7) is 4.47. The summed E-state index contributed by atoms with van der Waals surface area (Å²) in [6.07, 6.45) is -4.52. The molecule has 0 aliphatic heterocycles. The zero-order valence-electron chi connectivity index (χ0n) is 11.4. The van der Waals surface area contributed by atoms with Gasteiger partial charge >= 0.3 is 6.18 Å². The zero-order valence-corrected chi connectivity index (χ0v) is 11.4. The van der Waals surface area contributed by atoms with Crippen molar-refractivity contribution in [3.8, 4) is 0 Å². The molecular weight excluding hydrogens is 271 g/mol. The van der Waals surface area contributed by atoms with E-state index in [9.17, 15) is 18.0 Å². The molecule has 112 valence electrons. The summed E-state index contributed by atoms with van der Waals surface area (Å²) in [5, 5.41) is 2.53. The molecule has 0 bridgehead atoms. The Morgan fingerprint density at radius 2 is 1.90 bits per heavy atom. The first-order chi connectivity index (χ1) is 9.29. The number of amides is 1. The number of hydrogen-bond donors (Lipinski definition) is 2. The summed E-state index contributed by atoms with van der Waals surface area (Å²) in [4.78, 5) is 13.3. The van der Waals surface area contributed by atoms with E-state index in [1.807, 2.05) is 13.8 Å². The Labute approximate surface area is 115 Å². The molecule has 0 aliphatic rings. The summed E-state index contributed by atoms with van der Waals surface area (Å²) < 4.78 is 38.6. The lowest BCUT2D eigenvalue weighted by atomic mass is 10.1. The van der Waals surface area contributed by atoms with Crippen LogP contribution >= 0.6 is 0 Å². The molecule has 0 heterocycles. The highest BCUT2D eigenvalue weighted by atomic mass is 19.4. The number of rotatable bonds is 5. The van der Waals surface area contributed by atoms with Crippen molar-refractivity contribution in [2.45, 2.75) is 20.0 Å². The number of alkyl halides is 3. The summed E-state index contributed by atoms with van der Waals surface area (Å²) in [5.41, 5.74) is 4.38. The lowest BCUT2D eigenvalue weighted by Crippen LogP contribution is -2.35. The minimum Gasteiger partial charge on any atom is -0.399 e. The number of carbonyl (C=O) groups is 1. The van der Waals surface area contributed by atoms with Gasteiger partial charge in [0.25, 0.3) is 0 Å². The molecule has 1 rings (SSSR count). The van der Waals surface area contributed by atoms with Crippen LogP contribution in [0.3, 0.4) is 0 Å². The predicted molar refractivity (Wildman–Crippen MR) is 72.3 cm³/mol.